The van der Waals surface area contributed by atoms with Crippen molar-refractivity contribution in [3.8, 4) is 5.75 Å². The summed E-state index contributed by atoms with van der Waals surface area (Å²) in [5.74, 6) is -1.26. The number of ether oxygens (including phenoxy) is 1. The number of amides is 1. The number of likely N-dealkylation sites (tertiary alicyclic amines) is 1. The highest BCUT2D eigenvalue weighted by molar-refractivity contribution is 5.93. The van der Waals surface area contributed by atoms with Crippen LogP contribution in [0.5, 0.6) is 5.75 Å². The van der Waals surface area contributed by atoms with Crippen molar-refractivity contribution >= 4 is 11.9 Å². The lowest BCUT2D eigenvalue weighted by atomic mass is 9.86. The quantitative estimate of drug-likeness (QED) is 0.866. The molecular weight excluding hydrogens is 289 g/mol. The molecule has 22 heavy (non-hydrogen) atoms. The molecule has 0 bridgehead atoms. The van der Waals surface area contributed by atoms with Gasteiger partial charge in [-0.25, -0.2) is 4.39 Å². The number of rotatable bonds is 4. The number of aliphatic carboxylic acids is 1. The molecule has 1 N–H and O–H groups in total. The number of carboxylic acid groups (broad SMARTS) is 1. The maximum absolute atomic E-state index is 13.4. The standard InChI is InChI=1S/C16H20FNO4/c1-16(2,3)12-6-10(17)4-5-13(12)22-11-8-18(9-11)14(19)7-15(20)21/h4-6,11H,7-9H2,1-3H3,(H,20,21). The Hall–Kier alpha value is -2.11. The molecule has 0 aromatic heterocycles. The summed E-state index contributed by atoms with van der Waals surface area (Å²) in [6.45, 7) is 6.62. The van der Waals surface area contributed by atoms with E-state index in [-0.39, 0.29) is 17.3 Å². The van der Waals surface area contributed by atoms with Crippen molar-refractivity contribution in [3.63, 3.8) is 0 Å². The highest BCUT2D eigenvalue weighted by Gasteiger charge is 2.34. The Balaban J connectivity index is 2.00. The largest absolute Gasteiger partial charge is 0.486 e. The lowest BCUT2D eigenvalue weighted by Crippen LogP contribution is -2.56. The molecule has 120 valence electrons. The van der Waals surface area contributed by atoms with Gasteiger partial charge in [0.25, 0.3) is 0 Å². The van der Waals surface area contributed by atoms with Crippen molar-refractivity contribution < 1.29 is 23.8 Å². The number of hydrogen-bond acceptors (Lipinski definition) is 3. The summed E-state index contributed by atoms with van der Waals surface area (Å²) in [5, 5.41) is 8.59. The Kier molecular flexibility index (Phi) is 4.39. The third-order valence-electron chi connectivity index (χ3n) is 3.55. The second-order valence-electron chi connectivity index (χ2n) is 6.50. The highest BCUT2D eigenvalue weighted by atomic mass is 19.1. The fourth-order valence-electron chi connectivity index (χ4n) is 2.33. The highest BCUT2D eigenvalue weighted by Crippen LogP contribution is 2.33. The summed E-state index contributed by atoms with van der Waals surface area (Å²) in [6.07, 6.45) is -0.694. The van der Waals surface area contributed by atoms with E-state index in [1.54, 1.807) is 6.07 Å². The van der Waals surface area contributed by atoms with Gasteiger partial charge in [0.15, 0.2) is 0 Å². The van der Waals surface area contributed by atoms with Gasteiger partial charge in [-0.1, -0.05) is 20.8 Å². The van der Waals surface area contributed by atoms with Crippen LogP contribution in [0.25, 0.3) is 0 Å². The average molecular weight is 309 g/mol. The van der Waals surface area contributed by atoms with E-state index in [9.17, 15) is 14.0 Å². The van der Waals surface area contributed by atoms with E-state index in [1.807, 2.05) is 20.8 Å². The lowest BCUT2D eigenvalue weighted by molar-refractivity contribution is -0.148. The first-order valence-electron chi connectivity index (χ1n) is 7.13. The summed E-state index contributed by atoms with van der Waals surface area (Å²) in [7, 11) is 0. The minimum atomic E-state index is -1.14. The van der Waals surface area contributed by atoms with Gasteiger partial charge in [-0.3, -0.25) is 9.59 Å². The third kappa shape index (κ3) is 3.75. The van der Waals surface area contributed by atoms with Crippen molar-refractivity contribution in [1.82, 2.24) is 4.90 Å². The van der Waals surface area contributed by atoms with E-state index < -0.39 is 18.3 Å². The van der Waals surface area contributed by atoms with E-state index >= 15 is 0 Å². The van der Waals surface area contributed by atoms with Crippen LogP contribution in [0.15, 0.2) is 18.2 Å². The van der Waals surface area contributed by atoms with Crippen LogP contribution >= 0.6 is 0 Å². The Labute approximate surface area is 128 Å². The van der Waals surface area contributed by atoms with Crippen molar-refractivity contribution in [2.75, 3.05) is 13.1 Å². The van der Waals surface area contributed by atoms with E-state index in [1.165, 1.54) is 17.0 Å². The van der Waals surface area contributed by atoms with Gasteiger partial charge in [0.1, 0.15) is 24.1 Å². The van der Waals surface area contributed by atoms with Crippen LogP contribution in [-0.2, 0) is 15.0 Å². The maximum atomic E-state index is 13.4. The van der Waals surface area contributed by atoms with Crippen LogP contribution in [-0.4, -0.2) is 41.1 Å². The Morgan fingerprint density at radius 2 is 2.00 bits per heavy atom. The molecule has 0 radical (unpaired) electrons. The Bertz CT molecular complexity index is 588. The first-order valence-corrected chi connectivity index (χ1v) is 7.13. The number of carboxylic acids is 1. The topological polar surface area (TPSA) is 66.8 Å². The number of benzene rings is 1. The van der Waals surface area contributed by atoms with Gasteiger partial charge in [-0.05, 0) is 23.6 Å². The fraction of sp³-hybridized carbons (Fsp3) is 0.500. The number of carbonyl (C=O) groups excluding carboxylic acids is 1. The number of hydrogen-bond donors (Lipinski definition) is 1. The lowest BCUT2D eigenvalue weighted by Gasteiger charge is -2.39. The normalized spacial score (nSPS) is 15.4. The molecule has 1 aliphatic heterocycles. The smallest absolute Gasteiger partial charge is 0.312 e. The van der Waals surface area contributed by atoms with Crippen LogP contribution < -0.4 is 4.74 Å². The molecule has 1 aromatic rings. The molecule has 5 nitrogen and oxygen atoms in total. The van der Waals surface area contributed by atoms with Crippen LogP contribution in [0.1, 0.15) is 32.8 Å². The first-order chi connectivity index (χ1) is 10.2. The van der Waals surface area contributed by atoms with E-state index in [2.05, 4.69) is 0 Å². The van der Waals surface area contributed by atoms with Crippen LogP contribution in [0.3, 0.4) is 0 Å². The molecule has 2 rings (SSSR count). The maximum Gasteiger partial charge on any atom is 0.312 e. The molecule has 1 aromatic carbocycles. The Morgan fingerprint density at radius 1 is 1.36 bits per heavy atom. The van der Waals surface area contributed by atoms with Gasteiger partial charge in [0.05, 0.1) is 13.1 Å². The van der Waals surface area contributed by atoms with E-state index in [0.29, 0.717) is 18.8 Å². The summed E-state index contributed by atoms with van der Waals surface area (Å²) in [5.41, 5.74) is 0.503. The minimum absolute atomic E-state index is 0.190. The molecular formula is C16H20FNO4. The number of carbonyl (C=O) groups is 2. The molecule has 0 aliphatic carbocycles. The number of nitrogens with zero attached hydrogens (tertiary/aromatic N) is 1. The van der Waals surface area contributed by atoms with Crippen molar-refractivity contribution in [2.45, 2.75) is 38.7 Å². The minimum Gasteiger partial charge on any atom is -0.486 e. The second kappa shape index (κ2) is 5.94. The van der Waals surface area contributed by atoms with Gasteiger partial charge in [-0.2, -0.15) is 0 Å². The van der Waals surface area contributed by atoms with E-state index in [0.717, 1.165) is 5.56 Å². The zero-order valence-corrected chi connectivity index (χ0v) is 12.9. The third-order valence-corrected chi connectivity index (χ3v) is 3.55. The van der Waals surface area contributed by atoms with Crippen LogP contribution in [0.2, 0.25) is 0 Å². The molecule has 6 heteroatoms. The van der Waals surface area contributed by atoms with Gasteiger partial charge in [0.2, 0.25) is 5.91 Å². The van der Waals surface area contributed by atoms with Crippen molar-refractivity contribution in [2.24, 2.45) is 0 Å². The first kappa shape index (κ1) is 16.3. The molecule has 1 heterocycles. The monoisotopic (exact) mass is 309 g/mol. The predicted octanol–water partition coefficient (Wildman–Crippen LogP) is 2.19. The van der Waals surface area contributed by atoms with Crippen LogP contribution in [0, 0.1) is 5.82 Å². The molecule has 0 saturated carbocycles. The van der Waals surface area contributed by atoms with Gasteiger partial charge >= 0.3 is 5.97 Å². The molecule has 1 saturated heterocycles. The van der Waals surface area contributed by atoms with Crippen molar-refractivity contribution in [1.29, 1.82) is 0 Å². The average Bonchev–Trinajstić information content (AvgIpc) is 2.32. The summed E-state index contributed by atoms with van der Waals surface area (Å²) >= 11 is 0. The molecule has 0 atom stereocenters. The Morgan fingerprint density at radius 3 is 2.55 bits per heavy atom. The SMILES string of the molecule is CC(C)(C)c1cc(F)ccc1OC1CN(C(=O)CC(=O)O)C1. The molecule has 1 aliphatic rings. The summed E-state index contributed by atoms with van der Waals surface area (Å²) in [4.78, 5) is 23.5. The summed E-state index contributed by atoms with van der Waals surface area (Å²) < 4.78 is 19.3. The zero-order chi connectivity index (χ0) is 16.5. The van der Waals surface area contributed by atoms with Gasteiger partial charge < -0.3 is 14.7 Å². The van der Waals surface area contributed by atoms with Crippen molar-refractivity contribution in [3.05, 3.63) is 29.6 Å². The number of halogens is 1. The van der Waals surface area contributed by atoms with Gasteiger partial charge in [-0.15, -0.1) is 0 Å². The second-order valence-corrected chi connectivity index (χ2v) is 6.50. The fourth-order valence-corrected chi connectivity index (χ4v) is 2.33. The molecule has 0 spiro atoms. The molecule has 1 amide bonds. The van der Waals surface area contributed by atoms with Crippen LogP contribution in [0.4, 0.5) is 4.39 Å². The van der Waals surface area contributed by atoms with Gasteiger partial charge in [0, 0.05) is 5.56 Å². The molecule has 1 fully saturated rings. The summed E-state index contributed by atoms with van der Waals surface area (Å²) in [6, 6.07) is 4.40. The molecule has 0 unspecified atom stereocenters. The van der Waals surface area contributed by atoms with E-state index in [4.69, 9.17) is 9.84 Å². The predicted molar refractivity (Wildman–Crippen MR) is 78.3 cm³/mol. The zero-order valence-electron chi connectivity index (χ0n) is 12.9.